The normalized spacial score (nSPS) is 12.0. The highest BCUT2D eigenvalue weighted by atomic mass is 16.6. The third kappa shape index (κ3) is 16.0. The van der Waals surface area contributed by atoms with Crippen LogP contribution >= 0.6 is 0 Å². The Morgan fingerprint density at radius 1 is 0.667 bits per heavy atom. The van der Waals surface area contributed by atoms with Crippen molar-refractivity contribution in [1.29, 1.82) is 0 Å². The highest BCUT2D eigenvalue weighted by Crippen LogP contribution is 2.12. The van der Waals surface area contributed by atoms with Crippen molar-refractivity contribution in [2.75, 3.05) is 66.1 Å². The van der Waals surface area contributed by atoms with Gasteiger partial charge in [0, 0.05) is 0 Å². The van der Waals surface area contributed by atoms with Crippen molar-refractivity contribution in [2.45, 2.75) is 32.8 Å². The second-order valence-corrected chi connectivity index (χ2v) is 5.13. The standard InChI is InChI=1S/C15H32O6/c1-4-15(2,3)21-14-13-20-12-11-19-10-9-18-8-7-17-6-5-16/h16H,4-14H2,1-3H3. The Labute approximate surface area is 128 Å². The van der Waals surface area contributed by atoms with Crippen molar-refractivity contribution < 1.29 is 28.8 Å². The van der Waals surface area contributed by atoms with Crippen LogP contribution < -0.4 is 0 Å². The van der Waals surface area contributed by atoms with Gasteiger partial charge < -0.3 is 28.8 Å². The van der Waals surface area contributed by atoms with Gasteiger partial charge in [0.25, 0.3) is 0 Å². The number of hydrogen-bond donors (Lipinski definition) is 1. The zero-order chi connectivity index (χ0) is 15.8. The molecule has 0 aromatic carbocycles. The van der Waals surface area contributed by atoms with Gasteiger partial charge in [-0.1, -0.05) is 6.92 Å². The van der Waals surface area contributed by atoms with Crippen LogP contribution in [-0.2, 0) is 23.7 Å². The summed E-state index contributed by atoms with van der Waals surface area (Å²) in [5.74, 6) is 0. The molecule has 0 saturated heterocycles. The fourth-order valence-electron chi connectivity index (χ4n) is 1.31. The van der Waals surface area contributed by atoms with Gasteiger partial charge in [0.2, 0.25) is 0 Å². The van der Waals surface area contributed by atoms with E-state index >= 15 is 0 Å². The molecule has 6 nitrogen and oxygen atoms in total. The molecule has 0 unspecified atom stereocenters. The predicted octanol–water partition coefficient (Wildman–Crippen LogP) is 1.25. The SMILES string of the molecule is CCC(C)(C)OCCOCCOCCOCCOCCO. The van der Waals surface area contributed by atoms with Crippen LogP contribution in [0.3, 0.4) is 0 Å². The van der Waals surface area contributed by atoms with Crippen molar-refractivity contribution in [3.63, 3.8) is 0 Å². The summed E-state index contributed by atoms with van der Waals surface area (Å²) in [5.41, 5.74) is -0.0713. The third-order valence-corrected chi connectivity index (χ3v) is 2.92. The number of ether oxygens (including phenoxy) is 5. The molecule has 0 amide bonds. The van der Waals surface area contributed by atoms with Crippen molar-refractivity contribution in [3.05, 3.63) is 0 Å². The summed E-state index contributed by atoms with van der Waals surface area (Å²) in [6.45, 7) is 11.1. The Morgan fingerprint density at radius 3 is 1.43 bits per heavy atom. The van der Waals surface area contributed by atoms with Gasteiger partial charge in [0.05, 0.1) is 71.7 Å². The Hall–Kier alpha value is -0.240. The average Bonchev–Trinajstić information content (AvgIpc) is 2.47. The van der Waals surface area contributed by atoms with Crippen molar-refractivity contribution in [2.24, 2.45) is 0 Å². The van der Waals surface area contributed by atoms with Gasteiger partial charge in [-0.15, -0.1) is 0 Å². The zero-order valence-corrected chi connectivity index (χ0v) is 13.8. The quantitative estimate of drug-likeness (QED) is 0.433. The Balaban J connectivity index is 3.06. The van der Waals surface area contributed by atoms with Gasteiger partial charge in [-0.2, -0.15) is 0 Å². The molecule has 0 aromatic heterocycles. The minimum Gasteiger partial charge on any atom is -0.394 e. The van der Waals surface area contributed by atoms with E-state index < -0.39 is 0 Å². The maximum absolute atomic E-state index is 8.49. The summed E-state index contributed by atoms with van der Waals surface area (Å²) >= 11 is 0. The molecule has 0 fully saturated rings. The first-order valence-corrected chi connectivity index (χ1v) is 7.68. The molecule has 0 aliphatic carbocycles. The second-order valence-electron chi connectivity index (χ2n) is 5.13. The number of aliphatic hydroxyl groups excluding tert-OH is 1. The Morgan fingerprint density at radius 2 is 1.05 bits per heavy atom. The van der Waals surface area contributed by atoms with Gasteiger partial charge in [-0.25, -0.2) is 0 Å². The zero-order valence-electron chi connectivity index (χ0n) is 13.8. The first-order chi connectivity index (χ1) is 10.1. The van der Waals surface area contributed by atoms with Crippen LogP contribution in [0, 0.1) is 0 Å². The van der Waals surface area contributed by atoms with E-state index in [1.807, 2.05) is 0 Å². The molecule has 0 radical (unpaired) electrons. The maximum Gasteiger partial charge on any atom is 0.0707 e. The Kier molecular flexibility index (Phi) is 14.5. The van der Waals surface area contributed by atoms with Crippen LogP contribution in [0.5, 0.6) is 0 Å². The lowest BCUT2D eigenvalue weighted by molar-refractivity contribution is -0.0559. The molecule has 0 atom stereocenters. The van der Waals surface area contributed by atoms with Gasteiger partial charge in [0.1, 0.15) is 0 Å². The van der Waals surface area contributed by atoms with Crippen LogP contribution in [0.2, 0.25) is 0 Å². The van der Waals surface area contributed by atoms with Crippen molar-refractivity contribution in [3.8, 4) is 0 Å². The van der Waals surface area contributed by atoms with E-state index in [1.165, 1.54) is 0 Å². The molecule has 6 heteroatoms. The smallest absolute Gasteiger partial charge is 0.0707 e. The lowest BCUT2D eigenvalue weighted by Gasteiger charge is -2.23. The monoisotopic (exact) mass is 308 g/mol. The number of hydrogen-bond acceptors (Lipinski definition) is 6. The van der Waals surface area contributed by atoms with Crippen LogP contribution in [0.1, 0.15) is 27.2 Å². The molecule has 0 aromatic rings. The molecule has 21 heavy (non-hydrogen) atoms. The fraction of sp³-hybridized carbons (Fsp3) is 1.00. The van der Waals surface area contributed by atoms with E-state index in [4.69, 9.17) is 28.8 Å². The molecule has 0 saturated carbocycles. The van der Waals surface area contributed by atoms with E-state index in [0.717, 1.165) is 6.42 Å². The van der Waals surface area contributed by atoms with Crippen molar-refractivity contribution in [1.82, 2.24) is 0 Å². The summed E-state index contributed by atoms with van der Waals surface area (Å²) in [4.78, 5) is 0. The molecule has 1 N–H and O–H groups in total. The van der Waals surface area contributed by atoms with E-state index in [0.29, 0.717) is 59.5 Å². The molecule has 0 spiro atoms. The first kappa shape index (κ1) is 20.8. The number of aliphatic hydroxyl groups is 1. The summed E-state index contributed by atoms with van der Waals surface area (Å²) in [6, 6.07) is 0. The third-order valence-electron chi connectivity index (χ3n) is 2.92. The fourth-order valence-corrected chi connectivity index (χ4v) is 1.31. The van der Waals surface area contributed by atoms with Gasteiger partial charge >= 0.3 is 0 Å². The average molecular weight is 308 g/mol. The van der Waals surface area contributed by atoms with Crippen LogP contribution in [-0.4, -0.2) is 76.8 Å². The van der Waals surface area contributed by atoms with E-state index in [1.54, 1.807) is 0 Å². The summed E-state index contributed by atoms with van der Waals surface area (Å²) < 4.78 is 26.8. The van der Waals surface area contributed by atoms with Crippen molar-refractivity contribution >= 4 is 0 Å². The van der Waals surface area contributed by atoms with E-state index in [9.17, 15) is 0 Å². The highest BCUT2D eigenvalue weighted by Gasteiger charge is 2.14. The molecule has 0 rings (SSSR count). The van der Waals surface area contributed by atoms with Gasteiger partial charge in [-0.3, -0.25) is 0 Å². The first-order valence-electron chi connectivity index (χ1n) is 7.68. The summed E-state index contributed by atoms with van der Waals surface area (Å²) in [5, 5.41) is 8.49. The molecule has 128 valence electrons. The van der Waals surface area contributed by atoms with Crippen LogP contribution in [0.15, 0.2) is 0 Å². The highest BCUT2D eigenvalue weighted by molar-refractivity contribution is 4.64. The van der Waals surface area contributed by atoms with E-state index in [-0.39, 0.29) is 12.2 Å². The molecular weight excluding hydrogens is 276 g/mol. The Bertz CT molecular complexity index is 210. The maximum atomic E-state index is 8.49. The van der Waals surface area contributed by atoms with Gasteiger partial charge in [-0.05, 0) is 20.3 Å². The molecule has 0 bridgehead atoms. The van der Waals surface area contributed by atoms with Gasteiger partial charge in [0.15, 0.2) is 0 Å². The lowest BCUT2D eigenvalue weighted by Crippen LogP contribution is -2.25. The van der Waals surface area contributed by atoms with Crippen LogP contribution in [0.4, 0.5) is 0 Å². The molecule has 0 heterocycles. The minimum atomic E-state index is -0.0713. The molecule has 0 aliphatic rings. The predicted molar refractivity (Wildman–Crippen MR) is 80.7 cm³/mol. The number of rotatable bonds is 16. The second kappa shape index (κ2) is 14.7. The summed E-state index contributed by atoms with van der Waals surface area (Å²) in [7, 11) is 0. The van der Waals surface area contributed by atoms with Crippen LogP contribution in [0.25, 0.3) is 0 Å². The molecule has 0 aliphatic heterocycles. The lowest BCUT2D eigenvalue weighted by atomic mass is 10.1. The molecular formula is C15H32O6. The minimum absolute atomic E-state index is 0.0457. The summed E-state index contributed by atoms with van der Waals surface area (Å²) in [6.07, 6.45) is 0.987. The van der Waals surface area contributed by atoms with E-state index in [2.05, 4.69) is 20.8 Å². The largest absolute Gasteiger partial charge is 0.394 e. The topological polar surface area (TPSA) is 66.4 Å².